The molecule has 0 aliphatic rings. The molecule has 3 aromatic carbocycles. The SMILES string of the molecule is COc1ccc(S(=O)(=O)N(CC(=O)N/N=C\c2ccc(-c3ccc([N+](=O)[O-])cc3)o2)c2ccc(C)cc2)cc1Br. The number of halogens is 1. The summed E-state index contributed by atoms with van der Waals surface area (Å²) in [5.41, 5.74) is 4.13. The number of rotatable bonds is 10. The van der Waals surface area contributed by atoms with Crippen LogP contribution in [0.3, 0.4) is 0 Å². The first-order chi connectivity index (χ1) is 19.1. The summed E-state index contributed by atoms with van der Waals surface area (Å²) in [6.45, 7) is 1.32. The maximum Gasteiger partial charge on any atom is 0.269 e. The second-order valence-corrected chi connectivity index (χ2v) is 11.2. The van der Waals surface area contributed by atoms with E-state index in [1.165, 1.54) is 43.7 Å². The molecule has 1 N–H and O–H groups in total. The van der Waals surface area contributed by atoms with E-state index in [1.807, 2.05) is 6.92 Å². The van der Waals surface area contributed by atoms with Gasteiger partial charge >= 0.3 is 0 Å². The lowest BCUT2D eigenvalue weighted by Crippen LogP contribution is -2.39. The summed E-state index contributed by atoms with van der Waals surface area (Å²) in [4.78, 5) is 23.1. The van der Waals surface area contributed by atoms with Crippen LogP contribution in [0.5, 0.6) is 5.75 Å². The molecule has 0 spiro atoms. The van der Waals surface area contributed by atoms with Crippen molar-refractivity contribution in [2.24, 2.45) is 5.10 Å². The number of carbonyl (C=O) groups is 1. The zero-order valence-electron chi connectivity index (χ0n) is 21.3. The second-order valence-electron chi connectivity index (χ2n) is 8.44. The Morgan fingerprint density at radius 2 is 1.80 bits per heavy atom. The first-order valence-corrected chi connectivity index (χ1v) is 13.9. The molecule has 206 valence electrons. The molecule has 0 bridgehead atoms. The summed E-state index contributed by atoms with van der Waals surface area (Å²) < 4.78 is 39.5. The van der Waals surface area contributed by atoms with Gasteiger partial charge in [0.05, 0.1) is 33.3 Å². The maximum atomic E-state index is 13.6. The van der Waals surface area contributed by atoms with Gasteiger partial charge in [0.25, 0.3) is 21.6 Å². The van der Waals surface area contributed by atoms with E-state index in [0.29, 0.717) is 33.0 Å². The largest absolute Gasteiger partial charge is 0.496 e. The van der Waals surface area contributed by atoms with E-state index >= 15 is 0 Å². The number of methoxy groups -OCH3 is 1. The second kappa shape index (κ2) is 12.1. The van der Waals surface area contributed by atoms with Crippen molar-refractivity contribution in [3.63, 3.8) is 0 Å². The molecular formula is C27H23BrN4O7S. The molecule has 0 saturated carbocycles. The number of furan rings is 1. The van der Waals surface area contributed by atoms with Crippen LogP contribution >= 0.6 is 15.9 Å². The number of carbonyl (C=O) groups excluding carboxylic acids is 1. The van der Waals surface area contributed by atoms with Gasteiger partial charge in [-0.15, -0.1) is 0 Å². The molecule has 0 aliphatic heterocycles. The van der Waals surface area contributed by atoms with E-state index < -0.39 is 27.4 Å². The minimum Gasteiger partial charge on any atom is -0.496 e. The number of anilines is 1. The Balaban J connectivity index is 1.50. The van der Waals surface area contributed by atoms with Crippen LogP contribution in [-0.4, -0.2) is 39.1 Å². The Kier molecular flexibility index (Phi) is 8.65. The maximum absolute atomic E-state index is 13.6. The number of nitrogens with zero attached hydrogens (tertiary/aromatic N) is 3. The van der Waals surface area contributed by atoms with Crippen molar-refractivity contribution in [2.45, 2.75) is 11.8 Å². The lowest BCUT2D eigenvalue weighted by atomic mass is 10.1. The van der Waals surface area contributed by atoms with Crippen molar-refractivity contribution < 1.29 is 27.3 Å². The molecule has 1 heterocycles. The lowest BCUT2D eigenvalue weighted by molar-refractivity contribution is -0.384. The van der Waals surface area contributed by atoms with Crippen LogP contribution in [0.25, 0.3) is 11.3 Å². The molecule has 0 unspecified atom stereocenters. The van der Waals surface area contributed by atoms with Crippen molar-refractivity contribution in [1.82, 2.24) is 5.43 Å². The minimum absolute atomic E-state index is 0.0357. The van der Waals surface area contributed by atoms with Crippen LogP contribution in [0.1, 0.15) is 11.3 Å². The van der Waals surface area contributed by atoms with Crippen molar-refractivity contribution in [1.29, 1.82) is 0 Å². The van der Waals surface area contributed by atoms with Crippen molar-refractivity contribution in [3.8, 4) is 17.1 Å². The summed E-state index contributed by atoms with van der Waals surface area (Å²) in [5, 5.41) is 14.7. The monoisotopic (exact) mass is 626 g/mol. The lowest BCUT2D eigenvalue weighted by Gasteiger charge is -2.24. The Hall–Kier alpha value is -4.49. The van der Waals surface area contributed by atoms with Crippen molar-refractivity contribution >= 4 is 49.4 Å². The average Bonchev–Trinajstić information content (AvgIpc) is 3.41. The minimum atomic E-state index is -4.15. The Labute approximate surface area is 238 Å². The molecule has 40 heavy (non-hydrogen) atoms. The number of hydrazone groups is 1. The van der Waals surface area contributed by atoms with Crippen LogP contribution in [0.2, 0.25) is 0 Å². The fourth-order valence-electron chi connectivity index (χ4n) is 3.62. The average molecular weight is 627 g/mol. The third kappa shape index (κ3) is 6.55. The normalized spacial score (nSPS) is 11.4. The van der Waals surface area contributed by atoms with Crippen molar-refractivity contribution in [3.05, 3.63) is 105 Å². The van der Waals surface area contributed by atoms with E-state index in [2.05, 4.69) is 26.5 Å². The van der Waals surface area contributed by atoms with Gasteiger partial charge in [-0.2, -0.15) is 5.10 Å². The molecule has 13 heteroatoms. The van der Waals surface area contributed by atoms with Gasteiger partial charge in [0.15, 0.2) is 0 Å². The molecule has 0 atom stereocenters. The number of nitro groups is 1. The number of non-ortho nitro benzene ring substituents is 1. The molecule has 11 nitrogen and oxygen atoms in total. The number of amides is 1. The molecule has 0 radical (unpaired) electrons. The van der Waals surface area contributed by atoms with Gasteiger partial charge in [-0.1, -0.05) is 17.7 Å². The van der Waals surface area contributed by atoms with Gasteiger partial charge in [-0.05, 0) is 77.5 Å². The summed E-state index contributed by atoms with van der Waals surface area (Å²) in [6.07, 6.45) is 1.26. The summed E-state index contributed by atoms with van der Waals surface area (Å²) >= 11 is 3.31. The van der Waals surface area contributed by atoms with Crippen LogP contribution < -0.4 is 14.5 Å². The van der Waals surface area contributed by atoms with Gasteiger partial charge in [-0.3, -0.25) is 19.2 Å². The number of sulfonamides is 1. The molecular weight excluding hydrogens is 604 g/mol. The highest BCUT2D eigenvalue weighted by Gasteiger charge is 2.28. The summed E-state index contributed by atoms with van der Waals surface area (Å²) in [6, 6.07) is 20.2. The number of benzene rings is 3. The fourth-order valence-corrected chi connectivity index (χ4v) is 5.76. The predicted molar refractivity (Wildman–Crippen MR) is 153 cm³/mol. The zero-order valence-corrected chi connectivity index (χ0v) is 23.7. The Bertz CT molecular complexity index is 1670. The first kappa shape index (κ1) is 28.5. The standard InChI is InChI=1S/C27H23BrN4O7S/c1-18-3-7-20(8-4-18)31(40(36,37)23-12-14-26(38-2)24(28)15-23)17-27(33)30-29-16-22-11-13-25(39-22)19-5-9-21(10-6-19)32(34)35/h3-16H,17H2,1-2H3,(H,30,33)/b29-16-. The number of aryl methyl sites for hydroxylation is 1. The quantitative estimate of drug-likeness (QED) is 0.143. The molecule has 0 fully saturated rings. The number of hydrogen-bond acceptors (Lipinski definition) is 8. The molecule has 0 saturated heterocycles. The van der Waals surface area contributed by atoms with Crippen LogP contribution in [0, 0.1) is 17.0 Å². The molecule has 4 aromatic rings. The van der Waals surface area contributed by atoms with Gasteiger partial charge < -0.3 is 9.15 Å². The predicted octanol–water partition coefficient (Wildman–Crippen LogP) is 5.28. The Morgan fingerprint density at radius 3 is 2.42 bits per heavy atom. The third-order valence-corrected chi connectivity index (χ3v) is 8.08. The van der Waals surface area contributed by atoms with Gasteiger partial charge in [0.1, 0.15) is 23.8 Å². The summed E-state index contributed by atoms with van der Waals surface area (Å²) in [7, 11) is -2.68. The number of nitro benzene ring substituents is 1. The highest BCUT2D eigenvalue weighted by molar-refractivity contribution is 9.10. The molecule has 1 amide bonds. The van der Waals surface area contributed by atoms with Crippen LogP contribution in [0.4, 0.5) is 11.4 Å². The topological polar surface area (TPSA) is 144 Å². The van der Waals surface area contributed by atoms with Gasteiger partial charge in [0.2, 0.25) is 0 Å². The Morgan fingerprint density at radius 1 is 1.10 bits per heavy atom. The van der Waals surface area contributed by atoms with Crippen molar-refractivity contribution in [2.75, 3.05) is 18.0 Å². The third-order valence-electron chi connectivity index (χ3n) is 5.69. The van der Waals surface area contributed by atoms with E-state index in [4.69, 9.17) is 9.15 Å². The highest BCUT2D eigenvalue weighted by Crippen LogP contribution is 2.31. The number of ether oxygens (including phenoxy) is 1. The number of hydrogen-bond donors (Lipinski definition) is 1. The van der Waals surface area contributed by atoms with Gasteiger partial charge in [0, 0.05) is 17.7 Å². The van der Waals surface area contributed by atoms with E-state index in [1.54, 1.807) is 48.5 Å². The first-order valence-electron chi connectivity index (χ1n) is 11.7. The fraction of sp³-hybridized carbons (Fsp3) is 0.111. The smallest absolute Gasteiger partial charge is 0.269 e. The summed E-state index contributed by atoms with van der Waals surface area (Å²) in [5.74, 6) is 0.530. The van der Waals surface area contributed by atoms with E-state index in [-0.39, 0.29) is 10.6 Å². The van der Waals surface area contributed by atoms with Crippen LogP contribution in [-0.2, 0) is 14.8 Å². The van der Waals surface area contributed by atoms with Crippen LogP contribution in [0.15, 0.2) is 97.7 Å². The van der Waals surface area contributed by atoms with Gasteiger partial charge in [-0.25, -0.2) is 13.8 Å². The zero-order chi connectivity index (χ0) is 28.9. The van der Waals surface area contributed by atoms with E-state index in [9.17, 15) is 23.3 Å². The number of nitrogens with one attached hydrogen (secondary N) is 1. The van der Waals surface area contributed by atoms with E-state index in [0.717, 1.165) is 9.87 Å². The molecule has 1 aromatic heterocycles. The molecule has 0 aliphatic carbocycles. The molecule has 4 rings (SSSR count). The highest BCUT2D eigenvalue weighted by atomic mass is 79.9.